The van der Waals surface area contributed by atoms with Gasteiger partial charge in [-0.2, -0.15) is 5.10 Å². The van der Waals surface area contributed by atoms with Crippen molar-refractivity contribution in [2.75, 3.05) is 18.4 Å². The number of aromatic nitrogens is 5. The monoisotopic (exact) mass is 503 g/mol. The molecule has 37 heavy (non-hydrogen) atoms. The first-order valence-electron chi connectivity index (χ1n) is 11.4. The summed E-state index contributed by atoms with van der Waals surface area (Å²) < 4.78 is 43.5. The smallest absolute Gasteiger partial charge is 0.282 e. The van der Waals surface area contributed by atoms with Crippen LogP contribution >= 0.6 is 0 Å². The number of hydrogen-bond acceptors (Lipinski definition) is 5. The fourth-order valence-corrected chi connectivity index (χ4v) is 4.46. The van der Waals surface area contributed by atoms with E-state index in [-0.39, 0.29) is 22.6 Å². The molecule has 1 amide bonds. The van der Waals surface area contributed by atoms with Crippen LogP contribution in [0.1, 0.15) is 10.5 Å². The van der Waals surface area contributed by atoms with E-state index < -0.39 is 30.7 Å². The summed E-state index contributed by atoms with van der Waals surface area (Å²) in [5, 5.41) is 10.4. The number of rotatable bonds is 5. The molecule has 11 heteroatoms. The standard InChI is InChI=1S/C26H20F3N7O/c1-35-20(25(37)36-13-26(28,29)14-36)10-16-4-7-19(22(27)23(16)35)24-30-9-8-21(34-24)33-18-5-2-15(3-6-18)17-11-31-32-12-17/h2-12H,13-14H2,1H3,(H,31,32)(H,30,33,34). The molecule has 6 rings (SSSR count). The highest BCUT2D eigenvalue weighted by molar-refractivity contribution is 6.00. The van der Waals surface area contributed by atoms with Crippen molar-refractivity contribution in [1.82, 2.24) is 29.6 Å². The molecule has 1 aliphatic rings. The second kappa shape index (κ2) is 8.47. The number of carbonyl (C=O) groups excluding carboxylic acids is 1. The van der Waals surface area contributed by atoms with Gasteiger partial charge in [0.05, 0.1) is 30.4 Å². The molecule has 8 nitrogen and oxygen atoms in total. The maximum absolute atomic E-state index is 15.7. The topological polar surface area (TPSA) is 91.7 Å². The fourth-order valence-electron chi connectivity index (χ4n) is 4.46. The Labute approximate surface area is 208 Å². The Hall–Kier alpha value is -4.67. The van der Waals surface area contributed by atoms with E-state index in [4.69, 9.17) is 0 Å². The predicted molar refractivity (Wildman–Crippen MR) is 132 cm³/mol. The second-order valence-corrected chi connectivity index (χ2v) is 8.93. The van der Waals surface area contributed by atoms with Gasteiger partial charge in [-0.15, -0.1) is 0 Å². The van der Waals surface area contributed by atoms with Crippen LogP contribution in [0.25, 0.3) is 33.4 Å². The zero-order valence-electron chi connectivity index (χ0n) is 19.5. The minimum Gasteiger partial charge on any atom is -0.340 e. The number of aryl methyl sites for hydroxylation is 1. The number of nitrogens with zero attached hydrogens (tertiary/aromatic N) is 5. The number of hydrogen-bond donors (Lipinski definition) is 2. The number of nitrogens with one attached hydrogen (secondary N) is 2. The van der Waals surface area contributed by atoms with Crippen LogP contribution in [-0.2, 0) is 7.05 Å². The van der Waals surface area contributed by atoms with Crippen LogP contribution in [0, 0.1) is 5.82 Å². The van der Waals surface area contributed by atoms with Crippen molar-refractivity contribution in [2.45, 2.75) is 5.92 Å². The third kappa shape index (κ3) is 4.07. The zero-order valence-corrected chi connectivity index (χ0v) is 19.5. The maximum Gasteiger partial charge on any atom is 0.282 e. The van der Waals surface area contributed by atoms with Crippen molar-refractivity contribution in [3.05, 3.63) is 78.6 Å². The molecule has 2 aromatic carbocycles. The summed E-state index contributed by atoms with van der Waals surface area (Å²) in [7, 11) is 1.53. The lowest BCUT2D eigenvalue weighted by Crippen LogP contribution is -2.58. The molecule has 0 radical (unpaired) electrons. The van der Waals surface area contributed by atoms with Gasteiger partial charge in [-0.3, -0.25) is 9.89 Å². The van der Waals surface area contributed by atoms with Crippen molar-refractivity contribution in [1.29, 1.82) is 0 Å². The van der Waals surface area contributed by atoms with Gasteiger partial charge in [-0.25, -0.2) is 23.1 Å². The van der Waals surface area contributed by atoms with E-state index in [9.17, 15) is 13.6 Å². The van der Waals surface area contributed by atoms with Crippen LogP contribution in [-0.4, -0.2) is 54.6 Å². The number of carbonyl (C=O) groups is 1. The number of aromatic amines is 1. The molecule has 186 valence electrons. The molecule has 0 spiro atoms. The molecule has 0 aliphatic carbocycles. The lowest BCUT2D eigenvalue weighted by Gasteiger charge is -2.38. The molecular formula is C26H20F3N7O. The summed E-state index contributed by atoms with van der Waals surface area (Å²) in [6.07, 6.45) is 5.07. The Bertz CT molecular complexity index is 1620. The van der Waals surface area contributed by atoms with E-state index >= 15 is 4.39 Å². The molecule has 2 N–H and O–H groups in total. The lowest BCUT2D eigenvalue weighted by molar-refractivity contribution is -0.113. The van der Waals surface area contributed by atoms with Gasteiger partial charge in [0.2, 0.25) is 0 Å². The summed E-state index contributed by atoms with van der Waals surface area (Å²) in [4.78, 5) is 22.4. The maximum atomic E-state index is 15.7. The first-order chi connectivity index (χ1) is 17.8. The van der Waals surface area contributed by atoms with Crippen LogP contribution in [0.4, 0.5) is 24.7 Å². The average Bonchev–Trinajstić information content (AvgIpc) is 3.52. The molecule has 1 saturated heterocycles. The largest absolute Gasteiger partial charge is 0.340 e. The van der Waals surface area contributed by atoms with E-state index in [0.717, 1.165) is 21.7 Å². The van der Waals surface area contributed by atoms with Crippen LogP contribution in [0.3, 0.4) is 0 Å². The Balaban J connectivity index is 1.28. The number of likely N-dealkylation sites (tertiary alicyclic amines) is 1. The molecule has 0 saturated carbocycles. The van der Waals surface area contributed by atoms with Crippen LogP contribution in [0.2, 0.25) is 0 Å². The summed E-state index contributed by atoms with van der Waals surface area (Å²) >= 11 is 0. The summed E-state index contributed by atoms with van der Waals surface area (Å²) in [6.45, 7) is -1.28. The zero-order chi connectivity index (χ0) is 25.7. The van der Waals surface area contributed by atoms with E-state index in [1.807, 2.05) is 24.3 Å². The molecule has 0 bridgehead atoms. The molecule has 0 unspecified atom stereocenters. The minimum atomic E-state index is -2.88. The number of fused-ring (bicyclic) bond motifs is 1. The van der Waals surface area contributed by atoms with Gasteiger partial charge in [0.1, 0.15) is 11.5 Å². The third-order valence-corrected chi connectivity index (χ3v) is 6.37. The van der Waals surface area contributed by atoms with Gasteiger partial charge in [-0.1, -0.05) is 18.2 Å². The van der Waals surface area contributed by atoms with Gasteiger partial charge in [-0.05, 0) is 35.9 Å². The molecule has 1 fully saturated rings. The molecule has 1 aliphatic heterocycles. The molecular weight excluding hydrogens is 483 g/mol. The van der Waals surface area contributed by atoms with Crippen molar-refractivity contribution in [2.24, 2.45) is 7.05 Å². The van der Waals surface area contributed by atoms with E-state index in [1.54, 1.807) is 30.6 Å². The molecule has 5 aromatic rings. The second-order valence-electron chi connectivity index (χ2n) is 8.93. The lowest BCUT2D eigenvalue weighted by atomic mass is 10.1. The van der Waals surface area contributed by atoms with Crippen molar-refractivity contribution < 1.29 is 18.0 Å². The highest BCUT2D eigenvalue weighted by Crippen LogP contribution is 2.33. The molecule has 0 atom stereocenters. The summed E-state index contributed by atoms with van der Waals surface area (Å²) in [6, 6.07) is 14.1. The molecule has 4 heterocycles. The average molecular weight is 503 g/mol. The Morgan fingerprint density at radius 2 is 1.86 bits per heavy atom. The highest BCUT2D eigenvalue weighted by atomic mass is 19.3. The number of alkyl halides is 2. The van der Waals surface area contributed by atoms with Gasteiger partial charge >= 0.3 is 0 Å². The number of halogens is 3. The van der Waals surface area contributed by atoms with Crippen LogP contribution in [0.15, 0.2) is 67.1 Å². The Kier molecular flexibility index (Phi) is 5.21. The van der Waals surface area contributed by atoms with Crippen molar-refractivity contribution in [3.8, 4) is 22.5 Å². The first-order valence-corrected chi connectivity index (χ1v) is 11.4. The van der Waals surface area contributed by atoms with E-state index in [0.29, 0.717) is 11.2 Å². The number of H-pyrrole nitrogens is 1. The van der Waals surface area contributed by atoms with Crippen LogP contribution in [0.5, 0.6) is 0 Å². The van der Waals surface area contributed by atoms with Gasteiger partial charge in [0.25, 0.3) is 11.8 Å². The number of anilines is 2. The number of benzene rings is 2. The van der Waals surface area contributed by atoms with Crippen molar-refractivity contribution in [3.63, 3.8) is 0 Å². The summed E-state index contributed by atoms with van der Waals surface area (Å²) in [5.41, 5.74) is 3.22. The highest BCUT2D eigenvalue weighted by Gasteiger charge is 2.47. The quantitative estimate of drug-likeness (QED) is 0.352. The Morgan fingerprint density at radius 1 is 1.08 bits per heavy atom. The Morgan fingerprint density at radius 3 is 2.57 bits per heavy atom. The minimum absolute atomic E-state index is 0.136. The normalized spacial score (nSPS) is 14.5. The third-order valence-electron chi connectivity index (χ3n) is 6.37. The fraction of sp³-hybridized carbons (Fsp3) is 0.154. The van der Waals surface area contributed by atoms with Gasteiger partial charge in [0.15, 0.2) is 11.6 Å². The van der Waals surface area contributed by atoms with Crippen molar-refractivity contribution >= 4 is 28.3 Å². The predicted octanol–water partition coefficient (Wildman–Crippen LogP) is 5.00. The first kappa shape index (κ1) is 22.8. The van der Waals surface area contributed by atoms with E-state index in [1.165, 1.54) is 23.9 Å². The SMILES string of the molecule is Cn1c(C(=O)N2CC(F)(F)C2)cc2ccc(-c3nccc(Nc4ccc(-c5cn[nH]c5)cc4)n3)c(F)c21. The van der Waals surface area contributed by atoms with E-state index in [2.05, 4.69) is 25.5 Å². The van der Waals surface area contributed by atoms with Crippen LogP contribution < -0.4 is 5.32 Å². The number of amides is 1. The van der Waals surface area contributed by atoms with Gasteiger partial charge in [0, 0.05) is 36.1 Å². The summed E-state index contributed by atoms with van der Waals surface area (Å²) in [5.74, 6) is -3.41. The molecule has 3 aromatic heterocycles. The van der Waals surface area contributed by atoms with Gasteiger partial charge < -0.3 is 14.8 Å².